The zero-order chi connectivity index (χ0) is 18.6. The number of nitrogens with zero attached hydrogens (tertiary/aromatic N) is 1. The predicted molar refractivity (Wildman–Crippen MR) is 111 cm³/mol. The molecule has 0 fully saturated rings. The van der Waals surface area contributed by atoms with Crippen molar-refractivity contribution in [3.05, 3.63) is 70.5 Å². The number of fused-ring (bicyclic) bond motifs is 1. The maximum Gasteiger partial charge on any atom is 0.258 e. The Morgan fingerprint density at radius 1 is 1.11 bits per heavy atom. The summed E-state index contributed by atoms with van der Waals surface area (Å²) in [6.07, 6.45) is 0. The van der Waals surface area contributed by atoms with E-state index in [-0.39, 0.29) is 12.5 Å². The molecule has 0 saturated carbocycles. The molecule has 2 aromatic carbocycles. The lowest BCUT2D eigenvalue weighted by Crippen LogP contribution is -2.28. The van der Waals surface area contributed by atoms with Gasteiger partial charge in [-0.05, 0) is 41.3 Å². The van der Waals surface area contributed by atoms with Gasteiger partial charge in [-0.1, -0.05) is 36.4 Å². The Morgan fingerprint density at radius 2 is 1.96 bits per heavy atom. The largest absolute Gasteiger partial charge is 0.484 e. The predicted octanol–water partition coefficient (Wildman–Crippen LogP) is 5.03. The number of ether oxygens (including phenoxy) is 1. The van der Waals surface area contributed by atoms with Gasteiger partial charge in [-0.15, -0.1) is 22.7 Å². The lowest BCUT2D eigenvalue weighted by molar-refractivity contribution is -0.123. The Bertz CT molecular complexity index is 1070. The van der Waals surface area contributed by atoms with E-state index in [0.717, 1.165) is 31.2 Å². The van der Waals surface area contributed by atoms with Crippen LogP contribution in [0.4, 0.5) is 0 Å². The Morgan fingerprint density at radius 3 is 2.78 bits per heavy atom. The number of nitrogens with one attached hydrogen (secondary N) is 1. The fraction of sp³-hybridized carbons (Fsp3) is 0.143. The quantitative estimate of drug-likeness (QED) is 0.499. The normalized spacial score (nSPS) is 10.9. The van der Waals surface area contributed by atoms with E-state index in [2.05, 4.69) is 16.4 Å². The second-order valence-electron chi connectivity index (χ2n) is 6.08. The van der Waals surface area contributed by atoms with E-state index in [0.29, 0.717) is 12.3 Å². The summed E-state index contributed by atoms with van der Waals surface area (Å²) in [5.74, 6) is 0.548. The summed E-state index contributed by atoms with van der Waals surface area (Å²) < 4.78 is 5.64. The van der Waals surface area contributed by atoms with Gasteiger partial charge in [-0.3, -0.25) is 4.79 Å². The van der Waals surface area contributed by atoms with Crippen molar-refractivity contribution in [1.29, 1.82) is 0 Å². The highest BCUT2D eigenvalue weighted by atomic mass is 32.1. The van der Waals surface area contributed by atoms with Crippen LogP contribution in [0.5, 0.6) is 5.75 Å². The number of rotatable bonds is 6. The van der Waals surface area contributed by atoms with Gasteiger partial charge >= 0.3 is 0 Å². The number of amides is 1. The molecule has 0 aliphatic heterocycles. The molecule has 0 spiro atoms. The van der Waals surface area contributed by atoms with Crippen LogP contribution in [-0.2, 0) is 11.3 Å². The monoisotopic (exact) mass is 394 g/mol. The Balaban J connectivity index is 1.33. The first-order valence-electron chi connectivity index (χ1n) is 8.57. The standard InChI is InChI=1S/C21H18N2O2S2/c1-14-19(27-21(23-14)18-7-4-10-26-18)12-22-20(24)13-25-17-9-8-15-5-2-3-6-16(15)11-17/h2-11H,12-13H2,1H3,(H,22,24). The van der Waals surface area contributed by atoms with Crippen molar-refractivity contribution in [3.63, 3.8) is 0 Å². The molecule has 2 aromatic heterocycles. The summed E-state index contributed by atoms with van der Waals surface area (Å²) in [4.78, 5) is 19.0. The highest BCUT2D eigenvalue weighted by Gasteiger charge is 2.11. The van der Waals surface area contributed by atoms with E-state index < -0.39 is 0 Å². The van der Waals surface area contributed by atoms with Gasteiger partial charge in [0.1, 0.15) is 10.8 Å². The average Bonchev–Trinajstić information content (AvgIpc) is 3.34. The van der Waals surface area contributed by atoms with Gasteiger partial charge in [-0.25, -0.2) is 4.98 Å². The van der Waals surface area contributed by atoms with Gasteiger partial charge < -0.3 is 10.1 Å². The summed E-state index contributed by atoms with van der Waals surface area (Å²) in [7, 11) is 0. The second-order valence-corrected chi connectivity index (χ2v) is 8.11. The first-order chi connectivity index (χ1) is 13.2. The van der Waals surface area contributed by atoms with Crippen LogP contribution in [-0.4, -0.2) is 17.5 Å². The topological polar surface area (TPSA) is 51.2 Å². The number of aromatic nitrogens is 1. The third-order valence-corrected chi connectivity index (χ3v) is 6.36. The van der Waals surface area contributed by atoms with Crippen molar-refractivity contribution in [2.45, 2.75) is 13.5 Å². The molecule has 0 atom stereocenters. The number of aryl methyl sites for hydroxylation is 1. The SMILES string of the molecule is Cc1nc(-c2cccs2)sc1CNC(=O)COc1ccc2ccccc2c1. The van der Waals surface area contributed by atoms with Gasteiger partial charge in [0.25, 0.3) is 5.91 Å². The molecule has 0 aliphatic rings. The smallest absolute Gasteiger partial charge is 0.258 e. The first-order valence-corrected chi connectivity index (χ1v) is 10.3. The molecule has 0 unspecified atom stereocenters. The van der Waals surface area contributed by atoms with Crippen LogP contribution in [0.25, 0.3) is 20.7 Å². The van der Waals surface area contributed by atoms with E-state index in [1.165, 1.54) is 0 Å². The number of hydrogen-bond acceptors (Lipinski definition) is 5. The van der Waals surface area contributed by atoms with Crippen molar-refractivity contribution in [1.82, 2.24) is 10.3 Å². The molecule has 0 bridgehead atoms. The summed E-state index contributed by atoms with van der Waals surface area (Å²) in [5, 5.41) is 8.20. The molecule has 4 rings (SSSR count). The minimum Gasteiger partial charge on any atom is -0.484 e. The number of benzene rings is 2. The summed E-state index contributed by atoms with van der Waals surface area (Å²) in [5.41, 5.74) is 0.958. The molecule has 6 heteroatoms. The van der Waals surface area contributed by atoms with Crippen molar-refractivity contribution < 1.29 is 9.53 Å². The van der Waals surface area contributed by atoms with Crippen molar-refractivity contribution in [3.8, 4) is 15.6 Å². The maximum absolute atomic E-state index is 12.2. The number of carbonyl (C=O) groups excluding carboxylic acids is 1. The number of hydrogen-bond donors (Lipinski definition) is 1. The van der Waals surface area contributed by atoms with Gasteiger partial charge in [0.05, 0.1) is 17.1 Å². The van der Waals surface area contributed by atoms with Crippen LogP contribution in [0, 0.1) is 6.92 Å². The Hall–Kier alpha value is -2.70. The fourth-order valence-corrected chi connectivity index (χ4v) is 4.53. The molecule has 0 aliphatic carbocycles. The molecule has 1 N–H and O–H groups in total. The van der Waals surface area contributed by atoms with Crippen LogP contribution in [0.2, 0.25) is 0 Å². The minimum absolute atomic E-state index is 0.00598. The highest BCUT2D eigenvalue weighted by Crippen LogP contribution is 2.30. The lowest BCUT2D eigenvalue weighted by atomic mass is 10.1. The van der Waals surface area contributed by atoms with E-state index in [4.69, 9.17) is 4.74 Å². The molecule has 136 valence electrons. The summed E-state index contributed by atoms with van der Waals surface area (Å²) >= 11 is 3.29. The van der Waals surface area contributed by atoms with E-state index >= 15 is 0 Å². The zero-order valence-corrected chi connectivity index (χ0v) is 16.4. The Kier molecular flexibility index (Phi) is 5.18. The number of carbonyl (C=O) groups is 1. The fourth-order valence-electron chi connectivity index (χ4n) is 2.73. The van der Waals surface area contributed by atoms with E-state index in [9.17, 15) is 4.79 Å². The van der Waals surface area contributed by atoms with E-state index in [1.54, 1.807) is 22.7 Å². The molecule has 27 heavy (non-hydrogen) atoms. The first kappa shape index (κ1) is 17.7. The summed E-state index contributed by atoms with van der Waals surface area (Å²) in [6, 6.07) is 18.0. The average molecular weight is 395 g/mol. The van der Waals surface area contributed by atoms with Crippen LogP contribution in [0.3, 0.4) is 0 Å². The van der Waals surface area contributed by atoms with Crippen LogP contribution < -0.4 is 10.1 Å². The lowest BCUT2D eigenvalue weighted by Gasteiger charge is -2.08. The molecule has 2 heterocycles. The van der Waals surface area contributed by atoms with Crippen molar-refractivity contribution in [2.75, 3.05) is 6.61 Å². The molecule has 4 nitrogen and oxygen atoms in total. The van der Waals surface area contributed by atoms with Crippen LogP contribution in [0.15, 0.2) is 60.0 Å². The number of thiazole rings is 1. The molecular formula is C21H18N2O2S2. The zero-order valence-electron chi connectivity index (χ0n) is 14.8. The molecule has 0 saturated heterocycles. The molecule has 4 aromatic rings. The van der Waals surface area contributed by atoms with Crippen LogP contribution in [0.1, 0.15) is 10.6 Å². The van der Waals surface area contributed by atoms with Gasteiger partial charge in [0.2, 0.25) is 0 Å². The van der Waals surface area contributed by atoms with Gasteiger partial charge in [0.15, 0.2) is 6.61 Å². The van der Waals surface area contributed by atoms with Crippen LogP contribution >= 0.6 is 22.7 Å². The third kappa shape index (κ3) is 4.18. The third-order valence-electron chi connectivity index (χ3n) is 4.16. The van der Waals surface area contributed by atoms with Gasteiger partial charge in [0, 0.05) is 4.88 Å². The second kappa shape index (κ2) is 7.90. The van der Waals surface area contributed by atoms with Crippen molar-refractivity contribution in [2.24, 2.45) is 0 Å². The highest BCUT2D eigenvalue weighted by molar-refractivity contribution is 7.21. The molecular weight excluding hydrogens is 376 g/mol. The Labute approximate surface area is 165 Å². The van der Waals surface area contributed by atoms with Crippen molar-refractivity contribution >= 4 is 39.4 Å². The molecule has 1 amide bonds. The maximum atomic E-state index is 12.2. The van der Waals surface area contributed by atoms with Gasteiger partial charge in [-0.2, -0.15) is 0 Å². The molecule has 0 radical (unpaired) electrons. The summed E-state index contributed by atoms with van der Waals surface area (Å²) in [6.45, 7) is 2.43. The minimum atomic E-state index is -0.145. The number of thiophene rings is 1. The van der Waals surface area contributed by atoms with E-state index in [1.807, 2.05) is 60.8 Å².